The van der Waals surface area contributed by atoms with Gasteiger partial charge < -0.3 is 9.64 Å². The van der Waals surface area contributed by atoms with E-state index in [4.69, 9.17) is 4.74 Å². The Labute approximate surface area is 141 Å². The summed E-state index contributed by atoms with van der Waals surface area (Å²) >= 11 is 0. The summed E-state index contributed by atoms with van der Waals surface area (Å²) in [6.07, 6.45) is -5.19. The highest BCUT2D eigenvalue weighted by molar-refractivity contribution is 5.86. The van der Waals surface area contributed by atoms with Crippen LogP contribution in [0, 0.1) is 10.1 Å². The van der Waals surface area contributed by atoms with E-state index in [9.17, 15) is 32.9 Å². The van der Waals surface area contributed by atoms with Gasteiger partial charge in [0.1, 0.15) is 12.1 Å². The van der Waals surface area contributed by atoms with Crippen LogP contribution in [0.1, 0.15) is 26.3 Å². The number of benzene rings is 1. The van der Waals surface area contributed by atoms with Gasteiger partial charge in [-0.1, -0.05) is 12.1 Å². The van der Waals surface area contributed by atoms with E-state index in [0.717, 1.165) is 12.1 Å². The van der Waals surface area contributed by atoms with E-state index >= 15 is 0 Å². The average Bonchev–Trinajstić information content (AvgIpc) is 2.43. The number of rotatable bonds is 5. The fourth-order valence-electron chi connectivity index (χ4n) is 1.90. The molecule has 138 valence electrons. The van der Waals surface area contributed by atoms with Crippen LogP contribution in [0.2, 0.25) is 0 Å². The van der Waals surface area contributed by atoms with Crippen molar-refractivity contribution >= 4 is 17.6 Å². The van der Waals surface area contributed by atoms with Crippen LogP contribution in [0.5, 0.6) is 0 Å². The van der Waals surface area contributed by atoms with Crippen LogP contribution in [-0.4, -0.2) is 40.0 Å². The maximum atomic E-state index is 12.7. The van der Waals surface area contributed by atoms with Gasteiger partial charge >= 0.3 is 18.1 Å². The van der Waals surface area contributed by atoms with Gasteiger partial charge in [0.05, 0.1) is 4.92 Å². The zero-order valence-electron chi connectivity index (χ0n) is 13.8. The first kappa shape index (κ1) is 20.4. The minimum atomic E-state index is -5.19. The predicted octanol–water partition coefficient (Wildman–Crippen LogP) is 2.83. The highest BCUT2D eigenvalue weighted by Gasteiger charge is 2.43. The van der Waals surface area contributed by atoms with Crippen molar-refractivity contribution in [3.63, 3.8) is 0 Å². The molecule has 0 aliphatic heterocycles. The second-order valence-corrected chi connectivity index (χ2v) is 6.17. The maximum absolute atomic E-state index is 12.7. The molecule has 0 aliphatic rings. The van der Waals surface area contributed by atoms with Crippen LogP contribution in [0.15, 0.2) is 24.3 Å². The molecule has 1 aromatic rings. The van der Waals surface area contributed by atoms with Crippen LogP contribution < -0.4 is 0 Å². The van der Waals surface area contributed by atoms with Gasteiger partial charge in [0.15, 0.2) is 0 Å². The van der Waals surface area contributed by atoms with Crippen LogP contribution >= 0.6 is 0 Å². The zero-order chi connectivity index (χ0) is 19.4. The molecule has 25 heavy (non-hydrogen) atoms. The normalized spacial score (nSPS) is 11.8. The Balaban J connectivity index is 3.03. The molecule has 0 unspecified atom stereocenters. The summed E-state index contributed by atoms with van der Waals surface area (Å²) in [7, 11) is 0. The second kappa shape index (κ2) is 7.49. The first-order valence-corrected chi connectivity index (χ1v) is 7.11. The minimum Gasteiger partial charge on any atom is -0.459 e. The number of non-ortho nitro benzene ring substituents is 1. The molecule has 0 fully saturated rings. The van der Waals surface area contributed by atoms with Crippen LogP contribution in [0.3, 0.4) is 0 Å². The minimum absolute atomic E-state index is 0.0790. The van der Waals surface area contributed by atoms with Gasteiger partial charge in [-0.3, -0.25) is 19.7 Å². The monoisotopic (exact) mass is 362 g/mol. The van der Waals surface area contributed by atoms with Crippen molar-refractivity contribution in [1.29, 1.82) is 0 Å². The molecule has 0 saturated heterocycles. The summed E-state index contributed by atoms with van der Waals surface area (Å²) in [4.78, 5) is 33.6. The van der Waals surface area contributed by atoms with Crippen molar-refractivity contribution in [1.82, 2.24) is 4.90 Å². The van der Waals surface area contributed by atoms with E-state index in [0.29, 0.717) is 0 Å². The molecule has 1 rings (SSSR count). The molecule has 0 heterocycles. The number of alkyl halides is 3. The third-order valence-corrected chi connectivity index (χ3v) is 2.76. The number of hydrogen-bond acceptors (Lipinski definition) is 5. The number of esters is 1. The van der Waals surface area contributed by atoms with Crippen LogP contribution in [0.4, 0.5) is 18.9 Å². The molecular weight excluding hydrogens is 345 g/mol. The molecule has 0 saturated carbocycles. The number of ether oxygens (including phenoxy) is 1. The fourth-order valence-corrected chi connectivity index (χ4v) is 1.90. The molecule has 0 bridgehead atoms. The van der Waals surface area contributed by atoms with Crippen molar-refractivity contribution in [3.05, 3.63) is 39.9 Å². The number of hydrogen-bond donors (Lipinski definition) is 0. The first-order chi connectivity index (χ1) is 11.3. The quantitative estimate of drug-likeness (QED) is 0.456. The van der Waals surface area contributed by atoms with Gasteiger partial charge in [0.2, 0.25) is 0 Å². The van der Waals surface area contributed by atoms with Gasteiger partial charge in [0, 0.05) is 18.7 Å². The van der Waals surface area contributed by atoms with Crippen molar-refractivity contribution < 1.29 is 32.4 Å². The Bertz CT molecular complexity index is 668. The van der Waals surface area contributed by atoms with E-state index in [2.05, 4.69) is 0 Å². The number of amides is 1. The van der Waals surface area contributed by atoms with E-state index in [-0.39, 0.29) is 16.2 Å². The van der Waals surface area contributed by atoms with Crippen molar-refractivity contribution in [2.45, 2.75) is 39.1 Å². The molecule has 7 nitrogen and oxygen atoms in total. The lowest BCUT2D eigenvalue weighted by molar-refractivity contribution is -0.384. The lowest BCUT2D eigenvalue weighted by Crippen LogP contribution is -2.44. The topological polar surface area (TPSA) is 89.8 Å². The second-order valence-electron chi connectivity index (χ2n) is 6.17. The first-order valence-electron chi connectivity index (χ1n) is 7.11. The SMILES string of the molecule is CC(C)(C)OC(=O)CN(Cc1cccc([N+](=O)[O-])c1)C(=O)C(F)(F)F. The van der Waals surface area contributed by atoms with Crippen molar-refractivity contribution in [2.24, 2.45) is 0 Å². The largest absolute Gasteiger partial charge is 0.471 e. The van der Waals surface area contributed by atoms with E-state index < -0.39 is 41.7 Å². The highest BCUT2D eigenvalue weighted by atomic mass is 19.4. The maximum Gasteiger partial charge on any atom is 0.471 e. The standard InChI is InChI=1S/C15H17F3N2O5/c1-14(2,3)25-12(21)9-19(13(22)15(16,17)18)8-10-5-4-6-11(7-10)20(23)24/h4-7H,8-9H2,1-3H3. The molecular formula is C15H17F3N2O5. The Hall–Kier alpha value is -2.65. The number of carbonyl (C=O) groups is 2. The molecule has 1 amide bonds. The van der Waals surface area contributed by atoms with Gasteiger partial charge in [0.25, 0.3) is 5.69 Å². The third-order valence-electron chi connectivity index (χ3n) is 2.76. The summed E-state index contributed by atoms with van der Waals surface area (Å²) in [5, 5.41) is 10.7. The molecule has 0 spiro atoms. The van der Waals surface area contributed by atoms with Crippen LogP contribution in [0.25, 0.3) is 0 Å². The van der Waals surface area contributed by atoms with Crippen molar-refractivity contribution in [3.8, 4) is 0 Å². The molecule has 0 aromatic heterocycles. The summed E-state index contributed by atoms with van der Waals surface area (Å²) in [5.41, 5.74) is -1.19. The molecule has 10 heteroatoms. The van der Waals surface area contributed by atoms with Gasteiger partial charge in [-0.15, -0.1) is 0 Å². The molecule has 0 N–H and O–H groups in total. The lowest BCUT2D eigenvalue weighted by Gasteiger charge is -2.25. The average molecular weight is 362 g/mol. The molecule has 0 radical (unpaired) electrons. The molecule has 1 aromatic carbocycles. The van der Waals surface area contributed by atoms with Gasteiger partial charge in [-0.2, -0.15) is 13.2 Å². The summed E-state index contributed by atoms with van der Waals surface area (Å²) in [6.45, 7) is 3.03. The number of nitro benzene ring substituents is 1. The number of halogens is 3. The Morgan fingerprint density at radius 2 is 1.84 bits per heavy atom. The van der Waals surface area contributed by atoms with Crippen molar-refractivity contribution in [2.75, 3.05) is 6.54 Å². The van der Waals surface area contributed by atoms with Gasteiger partial charge in [-0.05, 0) is 26.3 Å². The highest BCUT2D eigenvalue weighted by Crippen LogP contribution is 2.22. The lowest BCUT2D eigenvalue weighted by atomic mass is 10.2. The molecule has 0 aliphatic carbocycles. The summed E-state index contributed by atoms with van der Waals surface area (Å²) in [5.74, 6) is -3.25. The smallest absolute Gasteiger partial charge is 0.459 e. The Morgan fingerprint density at radius 3 is 2.32 bits per heavy atom. The van der Waals surface area contributed by atoms with E-state index in [1.165, 1.54) is 32.9 Å². The van der Waals surface area contributed by atoms with E-state index in [1.54, 1.807) is 0 Å². The summed E-state index contributed by atoms with van der Waals surface area (Å²) in [6, 6.07) is 4.79. The summed E-state index contributed by atoms with van der Waals surface area (Å²) < 4.78 is 43.2. The van der Waals surface area contributed by atoms with E-state index in [1.807, 2.05) is 0 Å². The fraction of sp³-hybridized carbons (Fsp3) is 0.467. The number of carbonyl (C=O) groups excluding carboxylic acids is 2. The molecule has 0 atom stereocenters. The van der Waals surface area contributed by atoms with Gasteiger partial charge in [-0.25, -0.2) is 0 Å². The number of nitrogens with zero attached hydrogens (tertiary/aromatic N) is 2. The van der Waals surface area contributed by atoms with Crippen LogP contribution in [-0.2, 0) is 20.9 Å². The predicted molar refractivity (Wildman–Crippen MR) is 80.4 cm³/mol. The zero-order valence-corrected chi connectivity index (χ0v) is 13.8. The Kier molecular flexibility index (Phi) is 6.11. The number of nitro groups is 1. The Morgan fingerprint density at radius 1 is 1.24 bits per heavy atom. The third kappa shape index (κ3) is 6.77.